The number of nitrogens with one attached hydrogen (secondary N) is 1. The SMILES string of the molecule is CC(C)CC[C@@H](C(=O)[O-])[C@H](C)CC(=O)Nc1ccn(-c2ccccc2)n1. The van der Waals surface area contributed by atoms with E-state index in [0.717, 1.165) is 12.1 Å². The van der Waals surface area contributed by atoms with E-state index in [1.54, 1.807) is 23.9 Å². The summed E-state index contributed by atoms with van der Waals surface area (Å²) in [6.07, 6.45) is 3.21. The molecule has 0 bridgehead atoms. The molecule has 1 heterocycles. The highest BCUT2D eigenvalue weighted by atomic mass is 16.4. The summed E-state index contributed by atoms with van der Waals surface area (Å²) in [4.78, 5) is 23.7. The van der Waals surface area contributed by atoms with E-state index < -0.39 is 11.9 Å². The number of rotatable bonds is 9. The summed E-state index contributed by atoms with van der Waals surface area (Å²) in [6.45, 7) is 5.88. The second-order valence-electron chi connectivity index (χ2n) is 7.11. The van der Waals surface area contributed by atoms with Gasteiger partial charge in [-0.15, -0.1) is 0 Å². The number of benzene rings is 1. The van der Waals surface area contributed by atoms with Crippen molar-refractivity contribution in [3.05, 3.63) is 42.6 Å². The van der Waals surface area contributed by atoms with E-state index >= 15 is 0 Å². The number of amides is 1. The lowest BCUT2D eigenvalue weighted by atomic mass is 9.85. The van der Waals surface area contributed by atoms with Gasteiger partial charge in [0.1, 0.15) is 0 Å². The molecule has 6 nitrogen and oxygen atoms in total. The van der Waals surface area contributed by atoms with Crippen molar-refractivity contribution in [1.82, 2.24) is 9.78 Å². The standard InChI is InChI=1S/C20H27N3O3/c1-14(2)9-10-17(20(25)26)15(3)13-19(24)21-18-11-12-23(22-18)16-7-5-4-6-8-16/h4-8,11-12,14-15,17H,9-10,13H2,1-3H3,(H,25,26)(H,21,22,24)/p-1/t15-,17-/m1/s1. The molecule has 140 valence electrons. The van der Waals surface area contributed by atoms with Crippen LogP contribution in [0.2, 0.25) is 0 Å². The molecule has 1 amide bonds. The van der Waals surface area contributed by atoms with Crippen molar-refractivity contribution in [1.29, 1.82) is 0 Å². The van der Waals surface area contributed by atoms with E-state index in [1.165, 1.54) is 0 Å². The minimum Gasteiger partial charge on any atom is -0.550 e. The monoisotopic (exact) mass is 356 g/mol. The van der Waals surface area contributed by atoms with E-state index in [-0.39, 0.29) is 18.2 Å². The lowest BCUT2D eigenvalue weighted by Gasteiger charge is -2.25. The number of carboxylic acid groups (broad SMARTS) is 1. The Bertz CT molecular complexity index is 725. The first-order valence-corrected chi connectivity index (χ1v) is 8.98. The maximum atomic E-state index is 12.3. The molecule has 2 atom stereocenters. The fourth-order valence-corrected chi connectivity index (χ4v) is 2.89. The summed E-state index contributed by atoms with van der Waals surface area (Å²) in [5, 5.41) is 18.5. The zero-order valence-corrected chi connectivity index (χ0v) is 15.5. The van der Waals surface area contributed by atoms with Gasteiger partial charge in [0.15, 0.2) is 5.82 Å². The molecule has 0 spiro atoms. The summed E-state index contributed by atoms with van der Waals surface area (Å²) in [5.74, 6) is -1.39. The van der Waals surface area contributed by atoms with Gasteiger partial charge in [-0.25, -0.2) is 4.68 Å². The number of hydrogen-bond donors (Lipinski definition) is 1. The van der Waals surface area contributed by atoms with Gasteiger partial charge in [-0.05, 0) is 30.4 Å². The fraction of sp³-hybridized carbons (Fsp3) is 0.450. The third kappa shape index (κ3) is 5.72. The first-order chi connectivity index (χ1) is 12.4. The zero-order valence-electron chi connectivity index (χ0n) is 15.5. The Labute approximate surface area is 154 Å². The highest BCUT2D eigenvalue weighted by molar-refractivity contribution is 5.90. The topological polar surface area (TPSA) is 87.0 Å². The molecule has 0 aliphatic rings. The third-order valence-electron chi connectivity index (χ3n) is 4.43. The molecule has 0 saturated heterocycles. The maximum Gasteiger partial charge on any atom is 0.225 e. The smallest absolute Gasteiger partial charge is 0.225 e. The first-order valence-electron chi connectivity index (χ1n) is 8.98. The molecule has 1 N–H and O–H groups in total. The number of carbonyl (C=O) groups excluding carboxylic acids is 2. The molecule has 0 aliphatic heterocycles. The molecule has 0 unspecified atom stereocenters. The summed E-state index contributed by atoms with van der Waals surface area (Å²) >= 11 is 0. The molecule has 1 aromatic heterocycles. The lowest BCUT2D eigenvalue weighted by molar-refractivity contribution is -0.313. The molecule has 2 rings (SSSR count). The Morgan fingerprint density at radius 2 is 1.81 bits per heavy atom. The van der Waals surface area contributed by atoms with Gasteiger partial charge in [0.05, 0.1) is 5.69 Å². The minimum atomic E-state index is -1.08. The number of carbonyl (C=O) groups is 2. The van der Waals surface area contributed by atoms with Gasteiger partial charge in [-0.2, -0.15) is 5.10 Å². The molecule has 0 fully saturated rings. The zero-order chi connectivity index (χ0) is 19.1. The van der Waals surface area contributed by atoms with Gasteiger partial charge in [-0.3, -0.25) is 4.79 Å². The van der Waals surface area contributed by atoms with Crippen molar-refractivity contribution in [2.45, 2.75) is 40.0 Å². The molecule has 0 saturated carbocycles. The second-order valence-corrected chi connectivity index (χ2v) is 7.11. The van der Waals surface area contributed by atoms with Crippen molar-refractivity contribution >= 4 is 17.7 Å². The van der Waals surface area contributed by atoms with Gasteiger partial charge in [0.25, 0.3) is 0 Å². The van der Waals surface area contributed by atoms with Crippen molar-refractivity contribution in [2.75, 3.05) is 5.32 Å². The second kappa shape index (κ2) is 9.17. The number of nitrogens with zero attached hydrogens (tertiary/aromatic N) is 2. The quantitative estimate of drug-likeness (QED) is 0.748. The van der Waals surface area contributed by atoms with Crippen LogP contribution in [0.3, 0.4) is 0 Å². The van der Waals surface area contributed by atoms with E-state index in [4.69, 9.17) is 0 Å². The Morgan fingerprint density at radius 1 is 1.12 bits per heavy atom. The van der Waals surface area contributed by atoms with Crippen LogP contribution in [0.15, 0.2) is 42.6 Å². The highest BCUT2D eigenvalue weighted by Gasteiger charge is 2.22. The van der Waals surface area contributed by atoms with E-state index in [2.05, 4.69) is 10.4 Å². The first kappa shape index (κ1) is 19.7. The summed E-state index contributed by atoms with van der Waals surface area (Å²) in [5.41, 5.74) is 0.895. The predicted octanol–water partition coefficient (Wildman–Crippen LogP) is 2.64. The molecule has 2 aromatic rings. The maximum absolute atomic E-state index is 12.3. The van der Waals surface area contributed by atoms with Crippen LogP contribution in [0.25, 0.3) is 5.69 Å². The lowest BCUT2D eigenvalue weighted by Crippen LogP contribution is -2.36. The number of carboxylic acids is 1. The number of aromatic nitrogens is 2. The van der Waals surface area contributed by atoms with Crippen LogP contribution in [-0.2, 0) is 9.59 Å². The molecular formula is C20H26N3O3-. The van der Waals surface area contributed by atoms with Crippen LogP contribution in [0.1, 0.15) is 40.0 Å². The largest absolute Gasteiger partial charge is 0.550 e. The van der Waals surface area contributed by atoms with E-state index in [0.29, 0.717) is 18.2 Å². The molecular weight excluding hydrogens is 330 g/mol. The summed E-state index contributed by atoms with van der Waals surface area (Å²) in [6, 6.07) is 11.3. The van der Waals surface area contributed by atoms with Gasteiger partial charge in [0, 0.05) is 30.6 Å². The summed E-state index contributed by atoms with van der Waals surface area (Å²) < 4.78 is 1.67. The number of para-hydroxylation sites is 1. The predicted molar refractivity (Wildman–Crippen MR) is 98.5 cm³/mol. The highest BCUT2D eigenvalue weighted by Crippen LogP contribution is 2.23. The van der Waals surface area contributed by atoms with Gasteiger partial charge in [0.2, 0.25) is 5.91 Å². The van der Waals surface area contributed by atoms with Crippen LogP contribution in [-0.4, -0.2) is 21.7 Å². The van der Waals surface area contributed by atoms with Crippen LogP contribution in [0.5, 0.6) is 0 Å². The van der Waals surface area contributed by atoms with Crippen LogP contribution >= 0.6 is 0 Å². The molecule has 1 aromatic carbocycles. The van der Waals surface area contributed by atoms with Crippen LogP contribution in [0.4, 0.5) is 5.82 Å². The third-order valence-corrected chi connectivity index (χ3v) is 4.43. The minimum absolute atomic E-state index is 0.120. The van der Waals surface area contributed by atoms with Gasteiger partial charge >= 0.3 is 0 Å². The molecule has 0 radical (unpaired) electrons. The summed E-state index contributed by atoms with van der Waals surface area (Å²) in [7, 11) is 0. The number of aliphatic carboxylic acids is 1. The Kier molecular flexibility index (Phi) is 6.95. The van der Waals surface area contributed by atoms with Crippen molar-refractivity contribution in [3.63, 3.8) is 0 Å². The molecule has 6 heteroatoms. The van der Waals surface area contributed by atoms with Crippen molar-refractivity contribution in [3.8, 4) is 5.69 Å². The fourth-order valence-electron chi connectivity index (χ4n) is 2.89. The van der Waals surface area contributed by atoms with Crippen LogP contribution < -0.4 is 10.4 Å². The Morgan fingerprint density at radius 3 is 2.42 bits per heavy atom. The number of anilines is 1. The van der Waals surface area contributed by atoms with E-state index in [9.17, 15) is 14.7 Å². The van der Waals surface area contributed by atoms with Gasteiger partial charge < -0.3 is 15.2 Å². The Hall–Kier alpha value is -2.63. The normalized spacial score (nSPS) is 13.4. The Balaban J connectivity index is 1.93. The van der Waals surface area contributed by atoms with Crippen LogP contribution in [0, 0.1) is 17.8 Å². The molecule has 26 heavy (non-hydrogen) atoms. The number of hydrogen-bond acceptors (Lipinski definition) is 4. The average Bonchev–Trinajstić information content (AvgIpc) is 3.03. The van der Waals surface area contributed by atoms with E-state index in [1.807, 2.05) is 44.2 Å². The van der Waals surface area contributed by atoms with Crippen molar-refractivity contribution in [2.24, 2.45) is 17.8 Å². The molecule has 0 aliphatic carbocycles. The van der Waals surface area contributed by atoms with Crippen molar-refractivity contribution < 1.29 is 14.7 Å². The average molecular weight is 356 g/mol. The van der Waals surface area contributed by atoms with Gasteiger partial charge in [-0.1, -0.05) is 45.4 Å².